The Bertz CT molecular complexity index is 912. The molecule has 0 spiro atoms. The van der Waals surface area contributed by atoms with E-state index in [1.807, 2.05) is 4.90 Å². The van der Waals surface area contributed by atoms with Gasteiger partial charge in [-0.1, -0.05) is 35.8 Å². The SMILES string of the molecule is CC(C)CN1CCN(Cc2ccc(C(=O)Nc3cc(Br)ccn3)cc2C(F)(F)F)CC1. The molecule has 1 aromatic heterocycles. The largest absolute Gasteiger partial charge is 0.416 e. The second kappa shape index (κ2) is 10.1. The fourth-order valence-electron chi connectivity index (χ4n) is 3.67. The molecule has 2 heterocycles. The zero-order valence-corrected chi connectivity index (χ0v) is 19.1. The summed E-state index contributed by atoms with van der Waals surface area (Å²) in [6.07, 6.45) is -3.05. The molecule has 0 aliphatic carbocycles. The number of pyridine rings is 1. The van der Waals surface area contributed by atoms with Crippen molar-refractivity contribution in [3.05, 3.63) is 57.7 Å². The number of rotatable bonds is 6. The average molecular weight is 499 g/mol. The zero-order chi connectivity index (χ0) is 22.6. The number of carbonyl (C=O) groups excluding carboxylic acids is 1. The molecule has 0 unspecified atom stereocenters. The molecular weight excluding hydrogens is 473 g/mol. The van der Waals surface area contributed by atoms with Crippen molar-refractivity contribution in [2.75, 3.05) is 38.0 Å². The van der Waals surface area contributed by atoms with Gasteiger partial charge in [0.25, 0.3) is 5.91 Å². The number of nitrogens with one attached hydrogen (secondary N) is 1. The highest BCUT2D eigenvalue weighted by atomic mass is 79.9. The van der Waals surface area contributed by atoms with Crippen molar-refractivity contribution in [1.82, 2.24) is 14.8 Å². The van der Waals surface area contributed by atoms with E-state index in [4.69, 9.17) is 0 Å². The fraction of sp³-hybridized carbons (Fsp3) is 0.455. The van der Waals surface area contributed by atoms with Crippen molar-refractivity contribution >= 4 is 27.7 Å². The molecule has 1 aromatic carbocycles. The second-order valence-corrected chi connectivity index (χ2v) is 9.07. The lowest BCUT2D eigenvalue weighted by Crippen LogP contribution is -2.47. The zero-order valence-electron chi connectivity index (χ0n) is 17.5. The fourth-order valence-corrected chi connectivity index (χ4v) is 4.00. The predicted molar refractivity (Wildman–Crippen MR) is 118 cm³/mol. The van der Waals surface area contributed by atoms with Gasteiger partial charge in [0, 0.05) is 55.5 Å². The predicted octanol–water partition coefficient (Wildman–Crippen LogP) is 4.89. The first-order chi connectivity index (χ1) is 14.6. The summed E-state index contributed by atoms with van der Waals surface area (Å²) in [5.74, 6) is 0.190. The molecule has 5 nitrogen and oxygen atoms in total. The van der Waals surface area contributed by atoms with Gasteiger partial charge in [-0.3, -0.25) is 9.69 Å². The number of carbonyl (C=O) groups is 1. The molecule has 1 aliphatic rings. The number of aromatic nitrogens is 1. The van der Waals surface area contributed by atoms with Gasteiger partial charge in [-0.2, -0.15) is 13.2 Å². The Morgan fingerprint density at radius 2 is 1.81 bits per heavy atom. The third-order valence-electron chi connectivity index (χ3n) is 5.12. The van der Waals surface area contributed by atoms with Crippen LogP contribution in [0.15, 0.2) is 41.0 Å². The Kier molecular flexibility index (Phi) is 7.72. The van der Waals surface area contributed by atoms with Crippen molar-refractivity contribution in [1.29, 1.82) is 0 Å². The summed E-state index contributed by atoms with van der Waals surface area (Å²) in [6, 6.07) is 7.04. The lowest BCUT2D eigenvalue weighted by Gasteiger charge is -2.35. The van der Waals surface area contributed by atoms with Gasteiger partial charge in [0.1, 0.15) is 5.82 Å². The van der Waals surface area contributed by atoms with Gasteiger partial charge in [-0.15, -0.1) is 0 Å². The van der Waals surface area contributed by atoms with Crippen molar-refractivity contribution in [2.45, 2.75) is 26.6 Å². The van der Waals surface area contributed by atoms with E-state index in [1.165, 1.54) is 18.3 Å². The van der Waals surface area contributed by atoms with Crippen LogP contribution in [0.5, 0.6) is 0 Å². The molecule has 0 bridgehead atoms. The molecule has 9 heteroatoms. The van der Waals surface area contributed by atoms with Gasteiger partial charge < -0.3 is 10.2 Å². The second-order valence-electron chi connectivity index (χ2n) is 8.15. The van der Waals surface area contributed by atoms with Gasteiger partial charge in [-0.05, 0) is 35.7 Å². The first kappa shape index (κ1) is 23.7. The van der Waals surface area contributed by atoms with Crippen LogP contribution in [0.3, 0.4) is 0 Å². The van der Waals surface area contributed by atoms with Crippen LogP contribution in [0.25, 0.3) is 0 Å². The van der Waals surface area contributed by atoms with Gasteiger partial charge in [0.15, 0.2) is 0 Å². The van der Waals surface area contributed by atoms with Crippen LogP contribution in [-0.4, -0.2) is 53.4 Å². The van der Waals surface area contributed by atoms with Crippen LogP contribution in [0.2, 0.25) is 0 Å². The molecule has 3 rings (SSSR count). The number of benzene rings is 1. The van der Waals surface area contributed by atoms with E-state index in [1.54, 1.807) is 12.1 Å². The van der Waals surface area contributed by atoms with E-state index in [0.29, 0.717) is 10.4 Å². The molecule has 1 saturated heterocycles. The summed E-state index contributed by atoms with van der Waals surface area (Å²) >= 11 is 3.27. The summed E-state index contributed by atoms with van der Waals surface area (Å²) in [5.41, 5.74) is -0.645. The molecule has 31 heavy (non-hydrogen) atoms. The normalized spacial score (nSPS) is 16.0. The minimum Gasteiger partial charge on any atom is -0.307 e. The van der Waals surface area contributed by atoms with E-state index in [-0.39, 0.29) is 23.5 Å². The monoisotopic (exact) mass is 498 g/mol. The molecule has 168 valence electrons. The highest BCUT2D eigenvalue weighted by Crippen LogP contribution is 2.33. The van der Waals surface area contributed by atoms with Crippen LogP contribution in [-0.2, 0) is 12.7 Å². The summed E-state index contributed by atoms with van der Waals surface area (Å²) in [7, 11) is 0. The molecule has 1 N–H and O–H groups in total. The molecule has 0 atom stereocenters. The van der Waals surface area contributed by atoms with Crippen LogP contribution < -0.4 is 5.32 Å². The summed E-state index contributed by atoms with van der Waals surface area (Å²) in [6.45, 7) is 8.66. The maximum Gasteiger partial charge on any atom is 0.416 e. The van der Waals surface area contributed by atoms with Crippen molar-refractivity contribution in [3.63, 3.8) is 0 Å². The number of piperazine rings is 1. The highest BCUT2D eigenvalue weighted by Gasteiger charge is 2.34. The van der Waals surface area contributed by atoms with E-state index >= 15 is 0 Å². The minimum absolute atomic E-state index is 0.0559. The number of halogens is 4. The van der Waals surface area contributed by atoms with E-state index in [0.717, 1.165) is 38.8 Å². The maximum absolute atomic E-state index is 13.8. The minimum atomic E-state index is -4.54. The van der Waals surface area contributed by atoms with Crippen LogP contribution in [0.1, 0.15) is 35.3 Å². The smallest absolute Gasteiger partial charge is 0.307 e. The lowest BCUT2D eigenvalue weighted by atomic mass is 10.0. The highest BCUT2D eigenvalue weighted by molar-refractivity contribution is 9.10. The van der Waals surface area contributed by atoms with Crippen LogP contribution in [0.4, 0.5) is 19.0 Å². The molecular formula is C22H26BrF3N4O. The molecule has 2 aromatic rings. The molecule has 1 aliphatic heterocycles. The Hall–Kier alpha value is -1.97. The number of anilines is 1. The summed E-state index contributed by atoms with van der Waals surface area (Å²) in [5, 5.41) is 2.54. The van der Waals surface area contributed by atoms with Crippen molar-refractivity contribution in [2.24, 2.45) is 5.92 Å². The third kappa shape index (κ3) is 6.75. The van der Waals surface area contributed by atoms with Crippen LogP contribution in [0, 0.1) is 5.92 Å². The van der Waals surface area contributed by atoms with Gasteiger partial charge in [0.05, 0.1) is 5.56 Å². The Balaban J connectivity index is 1.72. The van der Waals surface area contributed by atoms with Gasteiger partial charge in [0.2, 0.25) is 0 Å². The van der Waals surface area contributed by atoms with E-state index in [2.05, 4.69) is 45.0 Å². The van der Waals surface area contributed by atoms with Gasteiger partial charge in [-0.25, -0.2) is 4.98 Å². The standard InChI is InChI=1S/C22H26BrF3N4O/c1-15(2)13-29-7-9-30(10-8-29)14-17-4-3-16(11-19(17)22(24,25)26)21(31)28-20-12-18(23)5-6-27-20/h3-6,11-12,15H,7-10,13-14H2,1-2H3,(H,27,28,31). The third-order valence-corrected chi connectivity index (χ3v) is 5.62. The molecule has 0 saturated carbocycles. The van der Waals surface area contributed by atoms with Crippen molar-refractivity contribution < 1.29 is 18.0 Å². The number of hydrogen-bond donors (Lipinski definition) is 1. The number of nitrogens with zero attached hydrogens (tertiary/aromatic N) is 3. The van der Waals surface area contributed by atoms with Gasteiger partial charge >= 0.3 is 6.18 Å². The van der Waals surface area contributed by atoms with Crippen LogP contribution >= 0.6 is 15.9 Å². The number of amides is 1. The average Bonchev–Trinajstić information content (AvgIpc) is 2.68. The maximum atomic E-state index is 13.8. The topological polar surface area (TPSA) is 48.5 Å². The molecule has 1 fully saturated rings. The first-order valence-corrected chi connectivity index (χ1v) is 11.0. The lowest BCUT2D eigenvalue weighted by molar-refractivity contribution is -0.138. The number of hydrogen-bond acceptors (Lipinski definition) is 4. The molecule has 0 radical (unpaired) electrons. The van der Waals surface area contributed by atoms with E-state index in [9.17, 15) is 18.0 Å². The number of alkyl halides is 3. The Morgan fingerprint density at radius 3 is 2.42 bits per heavy atom. The summed E-state index contributed by atoms with van der Waals surface area (Å²) in [4.78, 5) is 20.9. The Labute approximate surface area is 188 Å². The van der Waals surface area contributed by atoms with Crippen molar-refractivity contribution in [3.8, 4) is 0 Å². The Morgan fingerprint density at radius 1 is 1.13 bits per heavy atom. The summed E-state index contributed by atoms with van der Waals surface area (Å²) < 4.78 is 42.0. The molecule has 1 amide bonds. The van der Waals surface area contributed by atoms with E-state index < -0.39 is 17.6 Å². The quantitative estimate of drug-likeness (QED) is 0.615. The first-order valence-electron chi connectivity index (χ1n) is 10.2.